The number of hydrogen-bond acceptors (Lipinski definition) is 2. The first-order valence-corrected chi connectivity index (χ1v) is 7.16. The molecule has 0 bridgehead atoms. The van der Waals surface area contributed by atoms with Gasteiger partial charge in [0.05, 0.1) is 6.04 Å². The molecule has 18 heavy (non-hydrogen) atoms. The van der Waals surface area contributed by atoms with Crippen molar-refractivity contribution in [2.45, 2.75) is 32.7 Å². The highest BCUT2D eigenvalue weighted by atomic mass is 79.9. The van der Waals surface area contributed by atoms with Gasteiger partial charge < -0.3 is 10.6 Å². The van der Waals surface area contributed by atoms with Crippen molar-refractivity contribution in [3.63, 3.8) is 0 Å². The van der Waals surface area contributed by atoms with Gasteiger partial charge in [-0.25, -0.2) is 0 Å². The molecule has 0 aliphatic carbocycles. The first kappa shape index (κ1) is 13.6. The molecule has 1 aromatic carbocycles. The van der Waals surface area contributed by atoms with Gasteiger partial charge in [-0.2, -0.15) is 0 Å². The number of piperidine rings is 1. The van der Waals surface area contributed by atoms with Crippen LogP contribution >= 0.6 is 15.9 Å². The zero-order valence-corrected chi connectivity index (χ0v) is 12.4. The Morgan fingerprint density at radius 3 is 3.00 bits per heavy atom. The van der Waals surface area contributed by atoms with Crippen LogP contribution in [0.5, 0.6) is 0 Å². The largest absolute Gasteiger partial charge is 0.324 e. The van der Waals surface area contributed by atoms with Gasteiger partial charge in [-0.05, 0) is 49.9 Å². The number of halogens is 1. The lowest BCUT2D eigenvalue weighted by molar-refractivity contribution is -0.119. The number of hydrogen-bond donors (Lipinski definition) is 2. The van der Waals surface area contributed by atoms with Crippen LogP contribution in [0.2, 0.25) is 0 Å². The molecule has 2 N–H and O–H groups in total. The predicted molar refractivity (Wildman–Crippen MR) is 77.7 cm³/mol. The van der Waals surface area contributed by atoms with Crippen molar-refractivity contribution >= 4 is 27.5 Å². The highest BCUT2D eigenvalue weighted by Gasteiger charge is 2.24. The van der Waals surface area contributed by atoms with E-state index in [1.807, 2.05) is 25.1 Å². The Morgan fingerprint density at radius 1 is 1.50 bits per heavy atom. The van der Waals surface area contributed by atoms with E-state index in [0.717, 1.165) is 35.1 Å². The number of anilines is 1. The highest BCUT2D eigenvalue weighted by molar-refractivity contribution is 9.10. The second-order valence-corrected chi connectivity index (χ2v) is 6.00. The van der Waals surface area contributed by atoms with Gasteiger partial charge in [0.2, 0.25) is 5.91 Å². The van der Waals surface area contributed by atoms with E-state index in [-0.39, 0.29) is 11.9 Å². The second-order valence-electron chi connectivity index (χ2n) is 5.08. The third-order valence-corrected chi connectivity index (χ3v) is 3.93. The van der Waals surface area contributed by atoms with Gasteiger partial charge in [0.25, 0.3) is 0 Å². The van der Waals surface area contributed by atoms with Gasteiger partial charge in [0.15, 0.2) is 0 Å². The molecule has 0 spiro atoms. The Morgan fingerprint density at radius 2 is 2.28 bits per heavy atom. The molecule has 3 nitrogen and oxygen atoms in total. The van der Waals surface area contributed by atoms with Crippen molar-refractivity contribution in [2.75, 3.05) is 11.9 Å². The van der Waals surface area contributed by atoms with Gasteiger partial charge in [-0.15, -0.1) is 0 Å². The predicted octanol–water partition coefficient (Wildman–Crippen LogP) is 3.08. The van der Waals surface area contributed by atoms with Crippen LogP contribution in [0.25, 0.3) is 0 Å². The average molecular weight is 311 g/mol. The summed E-state index contributed by atoms with van der Waals surface area (Å²) in [6, 6.07) is 5.86. The normalized spacial score (nSPS) is 23.7. The molecule has 2 atom stereocenters. The topological polar surface area (TPSA) is 41.1 Å². The van der Waals surface area contributed by atoms with Crippen molar-refractivity contribution < 1.29 is 4.79 Å². The Labute approximate surface area is 116 Å². The number of carbonyl (C=O) groups excluding carboxylic acids is 1. The molecular formula is C14H19BrN2O. The monoisotopic (exact) mass is 310 g/mol. The van der Waals surface area contributed by atoms with Gasteiger partial charge in [-0.3, -0.25) is 4.79 Å². The van der Waals surface area contributed by atoms with Crippen LogP contribution in [0, 0.1) is 12.8 Å². The summed E-state index contributed by atoms with van der Waals surface area (Å²) in [7, 11) is 0. The summed E-state index contributed by atoms with van der Waals surface area (Å²) in [4.78, 5) is 12.2. The second kappa shape index (κ2) is 5.85. The van der Waals surface area contributed by atoms with E-state index in [9.17, 15) is 4.79 Å². The fourth-order valence-electron chi connectivity index (χ4n) is 2.26. The molecule has 0 aromatic heterocycles. The molecule has 0 saturated carbocycles. The maximum atomic E-state index is 12.2. The lowest BCUT2D eigenvalue weighted by atomic mass is 9.94. The summed E-state index contributed by atoms with van der Waals surface area (Å²) in [5.41, 5.74) is 1.96. The fraction of sp³-hybridized carbons (Fsp3) is 0.500. The van der Waals surface area contributed by atoms with E-state index in [4.69, 9.17) is 0 Å². The Hall–Kier alpha value is -0.870. The van der Waals surface area contributed by atoms with Crippen molar-refractivity contribution in [1.29, 1.82) is 0 Å². The molecule has 98 valence electrons. The fourth-order valence-corrected chi connectivity index (χ4v) is 2.62. The number of nitrogens with one attached hydrogen (secondary N) is 2. The molecule has 2 unspecified atom stereocenters. The minimum Gasteiger partial charge on any atom is -0.324 e. The van der Waals surface area contributed by atoms with E-state index in [1.54, 1.807) is 0 Å². The lowest BCUT2D eigenvalue weighted by Gasteiger charge is -2.27. The molecule has 2 rings (SSSR count). The molecule has 1 saturated heterocycles. The molecule has 1 aliphatic heterocycles. The SMILES string of the molecule is Cc1ccc(Br)cc1NC(=O)C1CC(C)CCN1. The van der Waals surface area contributed by atoms with Crippen LogP contribution in [-0.4, -0.2) is 18.5 Å². The Balaban J connectivity index is 2.04. The molecule has 1 fully saturated rings. The third-order valence-electron chi connectivity index (χ3n) is 3.44. The molecule has 1 amide bonds. The van der Waals surface area contributed by atoms with Crippen LogP contribution in [-0.2, 0) is 4.79 Å². The Bertz CT molecular complexity index is 447. The van der Waals surface area contributed by atoms with E-state index in [1.165, 1.54) is 0 Å². The number of rotatable bonds is 2. The quantitative estimate of drug-likeness (QED) is 0.881. The summed E-state index contributed by atoms with van der Waals surface area (Å²) in [6.45, 7) is 5.13. The molecule has 1 aliphatic rings. The number of benzene rings is 1. The maximum absolute atomic E-state index is 12.2. The number of aryl methyl sites for hydroxylation is 1. The third kappa shape index (κ3) is 3.33. The summed E-state index contributed by atoms with van der Waals surface area (Å²) in [6.07, 6.45) is 2.07. The molecular weight excluding hydrogens is 292 g/mol. The van der Waals surface area contributed by atoms with Crippen molar-refractivity contribution in [2.24, 2.45) is 5.92 Å². The van der Waals surface area contributed by atoms with Gasteiger partial charge in [0.1, 0.15) is 0 Å². The summed E-state index contributed by atoms with van der Waals surface area (Å²) < 4.78 is 0.980. The zero-order valence-electron chi connectivity index (χ0n) is 10.8. The van der Waals surface area contributed by atoms with E-state index in [0.29, 0.717) is 5.92 Å². The summed E-state index contributed by atoms with van der Waals surface area (Å²) in [5.74, 6) is 0.688. The highest BCUT2D eigenvalue weighted by Crippen LogP contribution is 2.22. The van der Waals surface area contributed by atoms with E-state index < -0.39 is 0 Å². The standard InChI is InChI=1S/C14H19BrN2O/c1-9-5-6-16-13(7-9)14(18)17-12-8-11(15)4-3-10(12)2/h3-4,8-9,13,16H,5-7H2,1-2H3,(H,17,18). The van der Waals surface area contributed by atoms with Crippen molar-refractivity contribution in [3.05, 3.63) is 28.2 Å². The summed E-state index contributed by atoms with van der Waals surface area (Å²) >= 11 is 3.42. The van der Waals surface area contributed by atoms with Crippen LogP contribution in [0.1, 0.15) is 25.3 Å². The summed E-state index contributed by atoms with van der Waals surface area (Å²) in [5, 5.41) is 6.29. The zero-order chi connectivity index (χ0) is 13.1. The molecule has 4 heteroatoms. The molecule has 1 heterocycles. The first-order chi connectivity index (χ1) is 8.56. The van der Waals surface area contributed by atoms with Crippen LogP contribution in [0.4, 0.5) is 5.69 Å². The van der Waals surface area contributed by atoms with Gasteiger partial charge >= 0.3 is 0 Å². The van der Waals surface area contributed by atoms with Crippen molar-refractivity contribution in [3.8, 4) is 0 Å². The average Bonchev–Trinajstić information content (AvgIpc) is 2.34. The van der Waals surface area contributed by atoms with Crippen LogP contribution < -0.4 is 10.6 Å². The molecule has 0 radical (unpaired) electrons. The van der Waals surface area contributed by atoms with E-state index in [2.05, 4.69) is 33.5 Å². The van der Waals surface area contributed by atoms with Gasteiger partial charge in [-0.1, -0.05) is 28.9 Å². The van der Waals surface area contributed by atoms with E-state index >= 15 is 0 Å². The minimum atomic E-state index is -0.0628. The number of amides is 1. The maximum Gasteiger partial charge on any atom is 0.241 e. The smallest absolute Gasteiger partial charge is 0.241 e. The van der Waals surface area contributed by atoms with Crippen molar-refractivity contribution in [1.82, 2.24) is 5.32 Å². The minimum absolute atomic E-state index is 0.0628. The van der Waals surface area contributed by atoms with Gasteiger partial charge in [0, 0.05) is 10.2 Å². The Kier molecular flexibility index (Phi) is 4.40. The van der Waals surface area contributed by atoms with Crippen LogP contribution in [0.15, 0.2) is 22.7 Å². The molecule has 1 aromatic rings. The number of carbonyl (C=O) groups is 1. The van der Waals surface area contributed by atoms with Crippen LogP contribution in [0.3, 0.4) is 0 Å². The first-order valence-electron chi connectivity index (χ1n) is 6.36. The lowest BCUT2D eigenvalue weighted by Crippen LogP contribution is -2.45.